The lowest BCUT2D eigenvalue weighted by molar-refractivity contribution is 0.112. The molecule has 0 aromatic heterocycles. The Balaban J connectivity index is 0.00000169. The van der Waals surface area contributed by atoms with Crippen molar-refractivity contribution in [2.45, 2.75) is 39.0 Å². The second-order valence-corrected chi connectivity index (χ2v) is 3.95. The Morgan fingerprint density at radius 3 is 2.57 bits per heavy atom. The van der Waals surface area contributed by atoms with Crippen LogP contribution < -0.4 is 5.32 Å². The van der Waals surface area contributed by atoms with Crippen LogP contribution in [0.15, 0.2) is 0 Å². The van der Waals surface area contributed by atoms with Gasteiger partial charge in [-0.1, -0.05) is 13.3 Å². The minimum atomic E-state index is 0. The van der Waals surface area contributed by atoms with E-state index < -0.39 is 0 Å². The third-order valence-electron chi connectivity index (χ3n) is 2.77. The molecule has 1 rings (SSSR count). The summed E-state index contributed by atoms with van der Waals surface area (Å²) in [6, 6.07) is 0. The maximum atomic E-state index is 5.56. The number of hydrogen-bond acceptors (Lipinski definition) is 2. The van der Waals surface area contributed by atoms with Gasteiger partial charge >= 0.3 is 0 Å². The monoisotopic (exact) mass is 221 g/mol. The van der Waals surface area contributed by atoms with Crippen LogP contribution >= 0.6 is 12.4 Å². The summed E-state index contributed by atoms with van der Waals surface area (Å²) < 4.78 is 5.56. The Kier molecular flexibility index (Phi) is 9.90. The summed E-state index contributed by atoms with van der Waals surface area (Å²) >= 11 is 0. The molecule has 1 saturated heterocycles. The Morgan fingerprint density at radius 1 is 1.21 bits per heavy atom. The summed E-state index contributed by atoms with van der Waals surface area (Å²) in [6.07, 6.45) is 6.42. The van der Waals surface area contributed by atoms with E-state index in [0.717, 1.165) is 19.1 Å². The molecule has 0 unspecified atom stereocenters. The molecule has 0 radical (unpaired) electrons. The molecule has 0 amide bonds. The quantitative estimate of drug-likeness (QED) is 0.697. The second-order valence-electron chi connectivity index (χ2n) is 3.95. The summed E-state index contributed by atoms with van der Waals surface area (Å²) in [6.45, 7) is 6.56. The lowest BCUT2D eigenvalue weighted by Gasteiger charge is -2.22. The van der Waals surface area contributed by atoms with Crippen LogP contribution in [0.1, 0.15) is 39.0 Å². The van der Waals surface area contributed by atoms with Gasteiger partial charge in [0.15, 0.2) is 0 Å². The molecule has 0 bridgehead atoms. The van der Waals surface area contributed by atoms with Gasteiger partial charge in [0.25, 0.3) is 0 Å². The van der Waals surface area contributed by atoms with E-state index >= 15 is 0 Å². The summed E-state index contributed by atoms with van der Waals surface area (Å²) in [7, 11) is 0. The Hall–Kier alpha value is 0.210. The van der Waals surface area contributed by atoms with Crippen LogP contribution in [-0.4, -0.2) is 26.3 Å². The molecule has 0 atom stereocenters. The van der Waals surface area contributed by atoms with Crippen molar-refractivity contribution in [2.24, 2.45) is 5.92 Å². The number of halogens is 1. The molecule has 0 spiro atoms. The van der Waals surface area contributed by atoms with E-state index in [1.54, 1.807) is 0 Å². The van der Waals surface area contributed by atoms with Crippen LogP contribution in [0.3, 0.4) is 0 Å². The van der Waals surface area contributed by atoms with E-state index in [1.165, 1.54) is 45.2 Å². The Morgan fingerprint density at radius 2 is 1.93 bits per heavy atom. The third kappa shape index (κ3) is 6.63. The molecule has 1 heterocycles. The number of unbranched alkanes of at least 4 members (excludes halogenated alkanes) is 1. The number of hydrogen-bond donors (Lipinski definition) is 1. The third-order valence-corrected chi connectivity index (χ3v) is 2.77. The van der Waals surface area contributed by atoms with Crippen molar-refractivity contribution in [3.05, 3.63) is 0 Å². The maximum Gasteiger partial charge on any atom is 0.0468 e. The molecule has 86 valence electrons. The van der Waals surface area contributed by atoms with Crippen molar-refractivity contribution in [3.63, 3.8) is 0 Å². The molecule has 14 heavy (non-hydrogen) atoms. The van der Waals surface area contributed by atoms with Crippen LogP contribution in [0.25, 0.3) is 0 Å². The fourth-order valence-corrected chi connectivity index (χ4v) is 1.77. The molecule has 3 heteroatoms. The minimum absolute atomic E-state index is 0. The molecular formula is C11H24ClNO. The van der Waals surface area contributed by atoms with Gasteiger partial charge in [0, 0.05) is 13.2 Å². The fraction of sp³-hybridized carbons (Fsp3) is 1.00. The van der Waals surface area contributed by atoms with Gasteiger partial charge in [0.1, 0.15) is 0 Å². The minimum Gasteiger partial charge on any atom is -0.381 e. The SMILES string of the molecule is CCCCOCCC1CCNCC1.Cl. The van der Waals surface area contributed by atoms with Crippen LogP contribution in [0.2, 0.25) is 0 Å². The normalized spacial score (nSPS) is 17.8. The van der Waals surface area contributed by atoms with Crippen LogP contribution in [0.4, 0.5) is 0 Å². The van der Waals surface area contributed by atoms with E-state index in [-0.39, 0.29) is 12.4 Å². The predicted octanol–water partition coefficient (Wildman–Crippen LogP) is 2.61. The summed E-state index contributed by atoms with van der Waals surface area (Å²) in [4.78, 5) is 0. The van der Waals surface area contributed by atoms with Crippen molar-refractivity contribution in [2.75, 3.05) is 26.3 Å². The number of rotatable bonds is 6. The highest BCUT2D eigenvalue weighted by molar-refractivity contribution is 5.85. The standard InChI is InChI=1S/C11H23NO.ClH/c1-2-3-9-13-10-6-11-4-7-12-8-5-11;/h11-12H,2-10H2,1H3;1H. The summed E-state index contributed by atoms with van der Waals surface area (Å²) in [5, 5.41) is 3.38. The van der Waals surface area contributed by atoms with E-state index in [2.05, 4.69) is 12.2 Å². The molecule has 2 nitrogen and oxygen atoms in total. The first-order valence-electron chi connectivity index (χ1n) is 5.72. The first kappa shape index (κ1) is 14.2. The zero-order chi connectivity index (χ0) is 9.36. The van der Waals surface area contributed by atoms with Gasteiger partial charge in [-0.2, -0.15) is 0 Å². The number of nitrogens with one attached hydrogen (secondary N) is 1. The molecule has 1 N–H and O–H groups in total. The zero-order valence-electron chi connectivity index (χ0n) is 9.26. The van der Waals surface area contributed by atoms with Crippen molar-refractivity contribution < 1.29 is 4.74 Å². The predicted molar refractivity (Wildman–Crippen MR) is 63.2 cm³/mol. The lowest BCUT2D eigenvalue weighted by Crippen LogP contribution is -2.28. The fourth-order valence-electron chi connectivity index (χ4n) is 1.77. The average Bonchev–Trinajstić information content (AvgIpc) is 2.19. The molecule has 1 aliphatic rings. The summed E-state index contributed by atoms with van der Waals surface area (Å²) in [5.74, 6) is 0.919. The largest absolute Gasteiger partial charge is 0.381 e. The lowest BCUT2D eigenvalue weighted by atomic mass is 9.95. The van der Waals surface area contributed by atoms with Gasteiger partial charge in [0.05, 0.1) is 0 Å². The highest BCUT2D eigenvalue weighted by Gasteiger charge is 2.11. The number of ether oxygens (including phenoxy) is 1. The van der Waals surface area contributed by atoms with E-state index in [0.29, 0.717) is 0 Å². The zero-order valence-corrected chi connectivity index (χ0v) is 10.1. The molecule has 0 aromatic carbocycles. The van der Waals surface area contributed by atoms with Gasteiger partial charge in [-0.15, -0.1) is 12.4 Å². The van der Waals surface area contributed by atoms with Crippen molar-refractivity contribution >= 4 is 12.4 Å². The highest BCUT2D eigenvalue weighted by Crippen LogP contribution is 2.15. The van der Waals surface area contributed by atoms with Gasteiger partial charge < -0.3 is 10.1 Å². The van der Waals surface area contributed by atoms with Crippen LogP contribution in [-0.2, 0) is 4.74 Å². The van der Waals surface area contributed by atoms with Gasteiger partial charge in [-0.25, -0.2) is 0 Å². The first-order chi connectivity index (χ1) is 6.43. The Bertz CT molecular complexity index is 116. The Labute approximate surface area is 94.2 Å². The van der Waals surface area contributed by atoms with E-state index in [1.807, 2.05) is 0 Å². The highest BCUT2D eigenvalue weighted by atomic mass is 35.5. The van der Waals surface area contributed by atoms with Crippen molar-refractivity contribution in [1.82, 2.24) is 5.32 Å². The van der Waals surface area contributed by atoms with Crippen molar-refractivity contribution in [3.8, 4) is 0 Å². The van der Waals surface area contributed by atoms with Gasteiger partial charge in [0.2, 0.25) is 0 Å². The molecular weight excluding hydrogens is 198 g/mol. The maximum absolute atomic E-state index is 5.56. The van der Waals surface area contributed by atoms with Gasteiger partial charge in [-0.3, -0.25) is 0 Å². The van der Waals surface area contributed by atoms with Crippen molar-refractivity contribution in [1.29, 1.82) is 0 Å². The van der Waals surface area contributed by atoms with Crippen LogP contribution in [0.5, 0.6) is 0 Å². The molecule has 1 fully saturated rings. The van der Waals surface area contributed by atoms with E-state index in [9.17, 15) is 0 Å². The van der Waals surface area contributed by atoms with Gasteiger partial charge in [-0.05, 0) is 44.7 Å². The topological polar surface area (TPSA) is 21.3 Å². The van der Waals surface area contributed by atoms with E-state index in [4.69, 9.17) is 4.74 Å². The molecule has 1 aliphatic heterocycles. The molecule has 0 aromatic rings. The van der Waals surface area contributed by atoms with Crippen LogP contribution in [0, 0.1) is 5.92 Å². The smallest absolute Gasteiger partial charge is 0.0468 e. The first-order valence-corrected chi connectivity index (χ1v) is 5.72. The molecule has 0 saturated carbocycles. The number of piperidine rings is 1. The average molecular weight is 222 g/mol. The summed E-state index contributed by atoms with van der Waals surface area (Å²) in [5.41, 5.74) is 0. The molecule has 0 aliphatic carbocycles. The second kappa shape index (κ2) is 9.75.